The monoisotopic (exact) mass is 920 g/mol. The molecule has 5 aromatic carbocycles. The number of amides is 4. The molecule has 13 heteroatoms. The van der Waals surface area contributed by atoms with Crippen molar-refractivity contribution in [1.82, 2.24) is 4.90 Å². The minimum absolute atomic E-state index is 0.0124. The number of benzene rings is 5. The number of anilines is 1. The summed E-state index contributed by atoms with van der Waals surface area (Å²) in [7, 11) is 3.90. The summed E-state index contributed by atoms with van der Waals surface area (Å²) in [6, 6.07) is 28.5. The molecule has 5 aromatic rings. The summed E-state index contributed by atoms with van der Waals surface area (Å²) < 4.78 is 9.28. The molecule has 2 aliphatic rings. The van der Waals surface area contributed by atoms with E-state index in [-0.39, 0.29) is 56.8 Å². The van der Waals surface area contributed by atoms with Crippen LogP contribution >= 0.6 is 0 Å². The lowest BCUT2D eigenvalue weighted by Gasteiger charge is -2.19. The Hall–Kier alpha value is -7.67. The van der Waals surface area contributed by atoms with E-state index >= 15 is 0 Å². The standard InChI is InChI=1S/C33H33NO6.C11H9NO4.C11H14O/c1-5-7-9-29(35)26-17-20(3)11-14-23(26)24-16-13-22(19-27(24)30(36)10-8-6-2)34-31(37)25-15-12-21(33(39)40-4)18-28(25)32(34)38;1-12-9(13)7-4-3-6(11(15)16-2)5-8(7)10(12)14;1-2-3-9-11(12)10-7-5-4-6-8-10/h11-19H,5-10H2,1-4H3;3-5H,1-2H3;4-8H,2-3,9H2,1H3. The highest BCUT2D eigenvalue weighted by Gasteiger charge is 2.38. The quantitative estimate of drug-likeness (QED) is 0.0522. The third kappa shape index (κ3) is 11.6. The summed E-state index contributed by atoms with van der Waals surface area (Å²) in [5, 5.41) is 0. The minimum Gasteiger partial charge on any atom is -0.465 e. The molecule has 0 saturated carbocycles. The van der Waals surface area contributed by atoms with Crippen LogP contribution in [-0.4, -0.2) is 79.1 Å². The predicted octanol–water partition coefficient (Wildman–Crippen LogP) is 10.8. The number of rotatable bonds is 16. The van der Waals surface area contributed by atoms with Gasteiger partial charge >= 0.3 is 11.9 Å². The van der Waals surface area contributed by atoms with Gasteiger partial charge in [-0.05, 0) is 91.9 Å². The van der Waals surface area contributed by atoms with Gasteiger partial charge < -0.3 is 9.47 Å². The molecule has 2 heterocycles. The third-order valence-electron chi connectivity index (χ3n) is 11.5. The average Bonchev–Trinajstić information content (AvgIpc) is 3.75. The van der Waals surface area contributed by atoms with Gasteiger partial charge in [0.25, 0.3) is 23.6 Å². The van der Waals surface area contributed by atoms with Crippen LogP contribution in [0.4, 0.5) is 5.69 Å². The molecule has 13 nitrogen and oxygen atoms in total. The first kappa shape index (κ1) is 51.3. The number of ketones is 3. The summed E-state index contributed by atoms with van der Waals surface area (Å²) in [6.45, 7) is 8.04. The fourth-order valence-electron chi connectivity index (χ4n) is 7.64. The molecule has 2 aliphatic heterocycles. The first-order chi connectivity index (χ1) is 32.6. The number of nitrogens with zero attached hydrogens (tertiary/aromatic N) is 2. The molecule has 68 heavy (non-hydrogen) atoms. The van der Waals surface area contributed by atoms with E-state index in [1.54, 1.807) is 18.2 Å². The summed E-state index contributed by atoms with van der Waals surface area (Å²) in [5.74, 6) is -2.87. The van der Waals surface area contributed by atoms with E-state index in [0.29, 0.717) is 53.5 Å². The maximum Gasteiger partial charge on any atom is 0.337 e. The Morgan fingerprint density at radius 2 is 0.882 bits per heavy atom. The van der Waals surface area contributed by atoms with E-state index in [9.17, 15) is 43.2 Å². The van der Waals surface area contributed by atoms with Crippen LogP contribution in [0.3, 0.4) is 0 Å². The van der Waals surface area contributed by atoms with Crippen LogP contribution in [0.2, 0.25) is 0 Å². The molecule has 0 bridgehead atoms. The second-order valence-corrected chi connectivity index (χ2v) is 16.3. The lowest BCUT2D eigenvalue weighted by Crippen LogP contribution is -2.29. The summed E-state index contributed by atoms with van der Waals surface area (Å²) in [5.41, 5.74) is 5.44. The Morgan fingerprint density at radius 1 is 0.456 bits per heavy atom. The van der Waals surface area contributed by atoms with E-state index in [4.69, 9.17) is 4.74 Å². The van der Waals surface area contributed by atoms with Crippen molar-refractivity contribution in [3.05, 3.63) is 159 Å². The number of aryl methyl sites for hydroxylation is 1. The van der Waals surface area contributed by atoms with Gasteiger partial charge in [0, 0.05) is 43.0 Å². The minimum atomic E-state index is -0.614. The van der Waals surface area contributed by atoms with Gasteiger partial charge in [0.15, 0.2) is 17.3 Å². The fraction of sp³-hybridized carbons (Fsp3) is 0.291. The largest absolute Gasteiger partial charge is 0.465 e. The van der Waals surface area contributed by atoms with Crippen molar-refractivity contribution in [3.8, 4) is 11.1 Å². The van der Waals surface area contributed by atoms with E-state index < -0.39 is 29.7 Å². The molecular weight excluding hydrogens is 865 g/mol. The van der Waals surface area contributed by atoms with Gasteiger partial charge in [0.1, 0.15) is 0 Å². The van der Waals surface area contributed by atoms with Gasteiger partial charge in [0.05, 0.1) is 53.3 Å². The molecule has 0 aliphatic carbocycles. The summed E-state index contributed by atoms with van der Waals surface area (Å²) >= 11 is 0. The number of imide groups is 2. The normalized spacial score (nSPS) is 12.3. The van der Waals surface area contributed by atoms with Crippen LogP contribution in [0.25, 0.3) is 11.1 Å². The van der Waals surface area contributed by atoms with E-state index in [1.807, 2.05) is 69.3 Å². The van der Waals surface area contributed by atoms with Gasteiger partial charge in [-0.1, -0.05) is 94.1 Å². The zero-order valence-corrected chi connectivity index (χ0v) is 39.6. The van der Waals surface area contributed by atoms with Crippen molar-refractivity contribution in [1.29, 1.82) is 0 Å². The third-order valence-corrected chi connectivity index (χ3v) is 11.5. The Bertz CT molecular complexity index is 2770. The Morgan fingerprint density at radius 3 is 1.40 bits per heavy atom. The first-order valence-electron chi connectivity index (χ1n) is 22.7. The molecule has 4 amide bonds. The molecular formula is C55H56N2O11. The molecule has 0 spiro atoms. The molecule has 7 rings (SSSR count). The molecule has 0 saturated heterocycles. The lowest BCUT2D eigenvalue weighted by atomic mass is 9.88. The second-order valence-electron chi connectivity index (χ2n) is 16.3. The van der Waals surface area contributed by atoms with Crippen LogP contribution in [0.1, 0.15) is 177 Å². The van der Waals surface area contributed by atoms with E-state index in [2.05, 4.69) is 11.7 Å². The maximum atomic E-state index is 13.5. The Kier molecular flexibility index (Phi) is 17.9. The second kappa shape index (κ2) is 23.7. The van der Waals surface area contributed by atoms with Crippen molar-refractivity contribution in [3.63, 3.8) is 0 Å². The number of hydrogen-bond donors (Lipinski definition) is 0. The maximum absolute atomic E-state index is 13.5. The van der Waals surface area contributed by atoms with Gasteiger partial charge in [-0.2, -0.15) is 0 Å². The van der Waals surface area contributed by atoms with E-state index in [0.717, 1.165) is 53.0 Å². The number of unbranched alkanes of at least 4 members (excludes halogenated alkanes) is 3. The topological polar surface area (TPSA) is 179 Å². The molecule has 0 atom stereocenters. The fourth-order valence-corrected chi connectivity index (χ4v) is 7.64. The number of hydrogen-bond acceptors (Lipinski definition) is 11. The number of Topliss-reactive ketones (excluding diaryl/α,β-unsaturated/α-hetero) is 3. The highest BCUT2D eigenvalue weighted by molar-refractivity contribution is 6.35. The number of fused-ring (bicyclic) bond motifs is 2. The molecule has 0 fully saturated rings. The molecule has 0 N–H and O–H groups in total. The van der Waals surface area contributed by atoms with Crippen molar-refractivity contribution in [2.45, 2.75) is 85.5 Å². The lowest BCUT2D eigenvalue weighted by molar-refractivity contribution is 0.0591. The van der Waals surface area contributed by atoms with E-state index in [1.165, 1.54) is 57.7 Å². The predicted molar refractivity (Wildman–Crippen MR) is 258 cm³/mol. The highest BCUT2D eigenvalue weighted by atomic mass is 16.5. The number of methoxy groups -OCH3 is 2. The zero-order valence-electron chi connectivity index (χ0n) is 39.6. The first-order valence-corrected chi connectivity index (χ1v) is 22.7. The molecule has 0 unspecified atom stereocenters. The van der Waals surface area contributed by atoms with Crippen LogP contribution in [0.15, 0.2) is 103 Å². The van der Waals surface area contributed by atoms with Crippen LogP contribution in [0, 0.1) is 6.92 Å². The van der Waals surface area contributed by atoms with Crippen molar-refractivity contribution >= 4 is 58.6 Å². The number of carbonyl (C=O) groups excluding carboxylic acids is 9. The summed E-state index contributed by atoms with van der Waals surface area (Å²) in [4.78, 5) is 113. The average molecular weight is 921 g/mol. The molecule has 0 radical (unpaired) electrons. The molecule has 0 aromatic heterocycles. The Labute approximate surface area is 396 Å². The summed E-state index contributed by atoms with van der Waals surface area (Å²) in [6.07, 6.45) is 6.63. The van der Waals surface area contributed by atoms with Gasteiger partial charge in [0.2, 0.25) is 0 Å². The highest BCUT2D eigenvalue weighted by Crippen LogP contribution is 2.36. The SMILES string of the molecule is CCCCC(=O)c1cc(C)ccc1-c1ccc(N2C(=O)c3ccc(C(=O)OC)cc3C2=O)cc1C(=O)CCCC.CCCCC(=O)c1ccccc1.COC(=O)c1ccc2c(c1)C(=O)N(C)C2=O. The molecule has 352 valence electrons. The Balaban J connectivity index is 0.000000249. The van der Waals surface area contributed by atoms with Crippen molar-refractivity contribution in [2.24, 2.45) is 0 Å². The van der Waals surface area contributed by atoms with Crippen LogP contribution in [-0.2, 0) is 9.47 Å². The number of esters is 2. The van der Waals surface area contributed by atoms with Gasteiger partial charge in [-0.3, -0.25) is 38.5 Å². The van der Waals surface area contributed by atoms with Gasteiger partial charge in [-0.25, -0.2) is 14.5 Å². The van der Waals surface area contributed by atoms with Crippen LogP contribution in [0.5, 0.6) is 0 Å². The van der Waals surface area contributed by atoms with Crippen molar-refractivity contribution < 1.29 is 52.6 Å². The van der Waals surface area contributed by atoms with Gasteiger partial charge in [-0.15, -0.1) is 0 Å². The smallest absolute Gasteiger partial charge is 0.337 e. The number of carbonyl (C=O) groups is 9. The zero-order chi connectivity index (χ0) is 49.7. The van der Waals surface area contributed by atoms with Crippen molar-refractivity contribution in [2.75, 3.05) is 26.2 Å². The number of ether oxygens (including phenoxy) is 2. The van der Waals surface area contributed by atoms with Crippen LogP contribution < -0.4 is 4.90 Å².